The summed E-state index contributed by atoms with van der Waals surface area (Å²) in [6, 6.07) is 4.98. The summed E-state index contributed by atoms with van der Waals surface area (Å²) in [5, 5.41) is 3.86. The third-order valence-corrected chi connectivity index (χ3v) is 4.43. The van der Waals surface area contributed by atoms with E-state index in [1.165, 1.54) is 6.07 Å². The molecular formula is C16H17ClFN5. The molecular weight excluding hydrogens is 317 g/mol. The predicted octanol–water partition coefficient (Wildman–Crippen LogP) is 3.23. The van der Waals surface area contributed by atoms with E-state index in [0.717, 1.165) is 37.4 Å². The summed E-state index contributed by atoms with van der Waals surface area (Å²) in [7, 11) is 0. The van der Waals surface area contributed by atoms with Crippen LogP contribution in [0.5, 0.6) is 0 Å². The average molecular weight is 334 g/mol. The molecule has 1 aliphatic heterocycles. The van der Waals surface area contributed by atoms with Crippen LogP contribution in [0.25, 0.3) is 0 Å². The van der Waals surface area contributed by atoms with E-state index >= 15 is 0 Å². The van der Waals surface area contributed by atoms with Crippen LogP contribution >= 0.6 is 11.6 Å². The zero-order chi connectivity index (χ0) is 15.8. The Hall–Kier alpha value is -1.95. The van der Waals surface area contributed by atoms with Gasteiger partial charge in [0.1, 0.15) is 16.8 Å². The molecule has 0 aromatic carbocycles. The molecule has 1 aliphatic carbocycles. The van der Waals surface area contributed by atoms with Crippen molar-refractivity contribution in [3.8, 4) is 0 Å². The molecule has 0 radical (unpaired) electrons. The fraction of sp³-hybridized carbons (Fsp3) is 0.438. The quantitative estimate of drug-likeness (QED) is 0.871. The van der Waals surface area contributed by atoms with E-state index in [-0.39, 0.29) is 11.9 Å². The fourth-order valence-corrected chi connectivity index (χ4v) is 3.11. The van der Waals surface area contributed by atoms with Crippen LogP contribution in [0.15, 0.2) is 24.4 Å². The van der Waals surface area contributed by atoms with Crippen LogP contribution in [0.3, 0.4) is 0 Å². The Labute approximate surface area is 138 Å². The third-order valence-electron chi connectivity index (χ3n) is 4.23. The summed E-state index contributed by atoms with van der Waals surface area (Å²) < 4.78 is 13.8. The summed E-state index contributed by atoms with van der Waals surface area (Å²) in [6.07, 6.45) is 4.79. The van der Waals surface area contributed by atoms with Crippen molar-refractivity contribution in [3.63, 3.8) is 0 Å². The van der Waals surface area contributed by atoms with Crippen LogP contribution in [0.4, 0.5) is 16.0 Å². The maximum Gasteiger partial charge on any atom is 0.165 e. The molecule has 1 unspecified atom stereocenters. The van der Waals surface area contributed by atoms with Crippen LogP contribution in [-0.4, -0.2) is 34.1 Å². The summed E-state index contributed by atoms with van der Waals surface area (Å²) in [5.41, 5.74) is 0. The van der Waals surface area contributed by atoms with E-state index in [1.807, 2.05) is 4.90 Å². The number of rotatable bonds is 4. The van der Waals surface area contributed by atoms with Crippen LogP contribution in [0, 0.1) is 5.82 Å². The summed E-state index contributed by atoms with van der Waals surface area (Å²) in [5.74, 6) is 2.16. The first-order valence-electron chi connectivity index (χ1n) is 7.85. The summed E-state index contributed by atoms with van der Waals surface area (Å²) in [4.78, 5) is 14.9. The van der Waals surface area contributed by atoms with E-state index in [2.05, 4.69) is 20.3 Å². The molecule has 3 heterocycles. The van der Waals surface area contributed by atoms with Gasteiger partial charge in [-0.15, -0.1) is 0 Å². The molecule has 2 aromatic rings. The van der Waals surface area contributed by atoms with Crippen LogP contribution < -0.4 is 10.2 Å². The Morgan fingerprint density at radius 2 is 2.13 bits per heavy atom. The van der Waals surface area contributed by atoms with E-state index in [4.69, 9.17) is 11.6 Å². The lowest BCUT2D eigenvalue weighted by molar-refractivity contribution is 0.615. The third kappa shape index (κ3) is 3.22. The van der Waals surface area contributed by atoms with Gasteiger partial charge in [0, 0.05) is 37.3 Å². The largest absolute Gasteiger partial charge is 0.365 e. The predicted molar refractivity (Wildman–Crippen MR) is 87.5 cm³/mol. The first-order chi connectivity index (χ1) is 11.2. The molecule has 0 spiro atoms. The molecule has 4 rings (SSSR count). The average Bonchev–Trinajstić information content (AvgIpc) is 3.28. The minimum absolute atomic E-state index is 0.189. The number of nitrogens with zero attached hydrogens (tertiary/aromatic N) is 4. The molecule has 1 atom stereocenters. The molecule has 2 aromatic heterocycles. The van der Waals surface area contributed by atoms with Crippen molar-refractivity contribution in [2.45, 2.75) is 31.2 Å². The van der Waals surface area contributed by atoms with E-state index in [0.29, 0.717) is 23.4 Å². The van der Waals surface area contributed by atoms with Gasteiger partial charge in [-0.3, -0.25) is 0 Å². The SMILES string of the molecule is Fc1cccnc1N1CCC(Nc2cc(Cl)nc(C3CC3)n2)C1. The smallest absolute Gasteiger partial charge is 0.165 e. The Morgan fingerprint density at radius 3 is 2.91 bits per heavy atom. The van der Waals surface area contributed by atoms with Crippen molar-refractivity contribution in [1.29, 1.82) is 0 Å². The lowest BCUT2D eigenvalue weighted by Crippen LogP contribution is -2.27. The number of nitrogens with one attached hydrogen (secondary N) is 1. The molecule has 1 saturated heterocycles. The van der Waals surface area contributed by atoms with Crippen molar-refractivity contribution in [2.24, 2.45) is 0 Å². The van der Waals surface area contributed by atoms with Gasteiger partial charge >= 0.3 is 0 Å². The highest BCUT2D eigenvalue weighted by Gasteiger charge is 2.29. The molecule has 7 heteroatoms. The number of halogens is 2. The minimum atomic E-state index is -0.283. The minimum Gasteiger partial charge on any atom is -0.365 e. The van der Waals surface area contributed by atoms with E-state index < -0.39 is 0 Å². The topological polar surface area (TPSA) is 53.9 Å². The highest BCUT2D eigenvalue weighted by atomic mass is 35.5. The molecule has 120 valence electrons. The molecule has 0 bridgehead atoms. The lowest BCUT2D eigenvalue weighted by Gasteiger charge is -2.18. The second kappa shape index (κ2) is 5.92. The molecule has 2 aliphatic rings. The molecule has 1 N–H and O–H groups in total. The highest BCUT2D eigenvalue weighted by Crippen LogP contribution is 2.38. The van der Waals surface area contributed by atoms with E-state index in [1.54, 1.807) is 18.3 Å². The van der Waals surface area contributed by atoms with Crippen molar-refractivity contribution in [1.82, 2.24) is 15.0 Å². The lowest BCUT2D eigenvalue weighted by atomic mass is 10.2. The van der Waals surface area contributed by atoms with Crippen molar-refractivity contribution >= 4 is 23.2 Å². The van der Waals surface area contributed by atoms with Crippen LogP contribution in [0.2, 0.25) is 5.15 Å². The number of hydrogen-bond acceptors (Lipinski definition) is 5. The Morgan fingerprint density at radius 1 is 1.26 bits per heavy atom. The first-order valence-corrected chi connectivity index (χ1v) is 8.23. The highest BCUT2D eigenvalue weighted by molar-refractivity contribution is 6.29. The van der Waals surface area contributed by atoms with Crippen LogP contribution in [0.1, 0.15) is 31.0 Å². The van der Waals surface area contributed by atoms with Crippen molar-refractivity contribution in [3.05, 3.63) is 41.2 Å². The zero-order valence-corrected chi connectivity index (χ0v) is 13.3. The van der Waals surface area contributed by atoms with Crippen molar-refractivity contribution in [2.75, 3.05) is 23.3 Å². The Bertz CT molecular complexity index is 721. The molecule has 2 fully saturated rings. The number of aromatic nitrogens is 3. The van der Waals surface area contributed by atoms with Gasteiger partial charge in [0.15, 0.2) is 11.6 Å². The van der Waals surface area contributed by atoms with Gasteiger partial charge in [0.2, 0.25) is 0 Å². The first kappa shape index (κ1) is 14.6. The summed E-state index contributed by atoms with van der Waals surface area (Å²) in [6.45, 7) is 1.45. The number of hydrogen-bond donors (Lipinski definition) is 1. The number of pyridine rings is 1. The second-order valence-electron chi connectivity index (χ2n) is 6.09. The maximum absolute atomic E-state index is 13.8. The van der Waals surface area contributed by atoms with Gasteiger partial charge in [0.05, 0.1) is 0 Å². The van der Waals surface area contributed by atoms with Gasteiger partial charge < -0.3 is 10.2 Å². The summed E-state index contributed by atoms with van der Waals surface area (Å²) >= 11 is 6.09. The molecule has 1 saturated carbocycles. The van der Waals surface area contributed by atoms with Gasteiger partial charge in [-0.25, -0.2) is 19.3 Å². The van der Waals surface area contributed by atoms with Gasteiger partial charge in [-0.1, -0.05) is 11.6 Å². The maximum atomic E-state index is 13.8. The van der Waals surface area contributed by atoms with Gasteiger partial charge in [-0.05, 0) is 31.4 Å². The molecule has 0 amide bonds. The fourth-order valence-electron chi connectivity index (χ4n) is 2.92. The van der Waals surface area contributed by atoms with Gasteiger partial charge in [-0.2, -0.15) is 0 Å². The van der Waals surface area contributed by atoms with E-state index in [9.17, 15) is 4.39 Å². The zero-order valence-electron chi connectivity index (χ0n) is 12.5. The molecule has 5 nitrogen and oxygen atoms in total. The molecule has 23 heavy (non-hydrogen) atoms. The second-order valence-corrected chi connectivity index (χ2v) is 6.48. The van der Waals surface area contributed by atoms with Crippen molar-refractivity contribution < 1.29 is 4.39 Å². The monoisotopic (exact) mass is 333 g/mol. The van der Waals surface area contributed by atoms with Crippen LogP contribution in [-0.2, 0) is 0 Å². The Kier molecular flexibility index (Phi) is 3.77. The standard InChI is InChI=1S/C16H17ClFN5/c17-13-8-14(22-15(21-13)10-3-4-10)20-11-5-7-23(9-11)16-12(18)2-1-6-19-16/h1-2,6,8,10-11H,3-5,7,9H2,(H,20,21,22). The Balaban J connectivity index is 1.45. The number of anilines is 2. The van der Waals surface area contributed by atoms with Gasteiger partial charge in [0.25, 0.3) is 0 Å². The normalized spacial score (nSPS) is 20.8.